The zero-order valence-corrected chi connectivity index (χ0v) is 21.6. The van der Waals surface area contributed by atoms with Gasteiger partial charge in [0.2, 0.25) is 0 Å². The highest BCUT2D eigenvalue weighted by atomic mass is 31.1. The van der Waals surface area contributed by atoms with Crippen LogP contribution in [0.5, 0.6) is 0 Å². The molecule has 1 saturated carbocycles. The minimum Gasteiger partial charge on any atom is -0.396 e. The monoisotopic (exact) mass is 430 g/mol. The van der Waals surface area contributed by atoms with Crippen LogP contribution >= 0.6 is 7.92 Å². The third-order valence-electron chi connectivity index (χ3n) is 6.74. The highest BCUT2D eigenvalue weighted by Crippen LogP contribution is 2.52. The van der Waals surface area contributed by atoms with Crippen LogP contribution < -0.4 is 5.30 Å². The largest absolute Gasteiger partial charge is 0.396 e. The highest BCUT2D eigenvalue weighted by molar-refractivity contribution is 7.66. The van der Waals surface area contributed by atoms with Gasteiger partial charge in [-0.1, -0.05) is 106 Å². The Labute approximate surface area is 188 Å². The van der Waals surface area contributed by atoms with Gasteiger partial charge in [-0.2, -0.15) is 0 Å². The lowest BCUT2D eigenvalue weighted by atomic mass is 9.87. The molecule has 0 spiro atoms. The Hall–Kier alpha value is -0.650. The standard InChI is InChI=1S/C28H47OP/c1-22-12-10-13-25(22)26(14-11-20-29)30(21-9-8-19-27(2,3)4)24-17-15-23(16-18-24)28(5,6)7/h8-9,15-18,22,25-26,29H,10-14,19-21H2,1-7H3/b9-8-/t22?,25?,26-,30?/m1/s1. The van der Waals surface area contributed by atoms with Crippen LogP contribution in [0.4, 0.5) is 0 Å². The number of hydrogen-bond donors (Lipinski definition) is 1. The lowest BCUT2D eigenvalue weighted by Gasteiger charge is -2.35. The Balaban J connectivity index is 2.32. The van der Waals surface area contributed by atoms with Crippen LogP contribution in [0.2, 0.25) is 0 Å². The second kappa shape index (κ2) is 11.3. The van der Waals surface area contributed by atoms with Crippen LogP contribution in [0.15, 0.2) is 36.4 Å². The molecule has 0 aliphatic heterocycles. The van der Waals surface area contributed by atoms with Crippen molar-refractivity contribution in [2.24, 2.45) is 17.3 Å². The van der Waals surface area contributed by atoms with Crippen molar-refractivity contribution in [2.75, 3.05) is 12.8 Å². The Morgan fingerprint density at radius 2 is 1.70 bits per heavy atom. The Morgan fingerprint density at radius 1 is 1.03 bits per heavy atom. The van der Waals surface area contributed by atoms with E-state index in [4.69, 9.17) is 0 Å². The summed E-state index contributed by atoms with van der Waals surface area (Å²) in [7, 11) is -0.262. The molecule has 0 heterocycles. The summed E-state index contributed by atoms with van der Waals surface area (Å²) in [6.45, 7) is 16.6. The average Bonchev–Trinajstić information content (AvgIpc) is 3.08. The van der Waals surface area contributed by atoms with Crippen LogP contribution in [0.1, 0.15) is 92.6 Å². The average molecular weight is 431 g/mol. The van der Waals surface area contributed by atoms with Crippen molar-refractivity contribution < 1.29 is 5.11 Å². The van der Waals surface area contributed by atoms with Gasteiger partial charge in [-0.3, -0.25) is 0 Å². The van der Waals surface area contributed by atoms with E-state index in [1.807, 2.05) is 0 Å². The van der Waals surface area contributed by atoms with Crippen LogP contribution in [-0.2, 0) is 5.41 Å². The first kappa shape index (κ1) is 25.6. The quantitative estimate of drug-likeness (QED) is 0.315. The molecule has 170 valence electrons. The van der Waals surface area contributed by atoms with Crippen molar-refractivity contribution in [1.29, 1.82) is 0 Å². The molecule has 0 bridgehead atoms. The molecule has 1 aromatic carbocycles. The fourth-order valence-electron chi connectivity index (χ4n) is 4.86. The van der Waals surface area contributed by atoms with Gasteiger partial charge in [-0.25, -0.2) is 0 Å². The number of allylic oxidation sites excluding steroid dienone is 2. The third kappa shape index (κ3) is 7.80. The number of aliphatic hydroxyl groups is 1. The van der Waals surface area contributed by atoms with Crippen LogP contribution in [0, 0.1) is 17.3 Å². The fraction of sp³-hybridized carbons (Fsp3) is 0.714. The molecule has 2 rings (SSSR count). The molecule has 1 aliphatic rings. The fourth-order valence-corrected chi connectivity index (χ4v) is 8.03. The summed E-state index contributed by atoms with van der Waals surface area (Å²) in [5, 5.41) is 11.2. The zero-order chi connectivity index (χ0) is 22.4. The molecule has 4 atom stereocenters. The maximum absolute atomic E-state index is 9.60. The first-order valence-corrected chi connectivity index (χ1v) is 13.8. The number of aliphatic hydroxyl groups excluding tert-OH is 1. The summed E-state index contributed by atoms with van der Waals surface area (Å²) in [4.78, 5) is 0. The molecule has 1 aromatic rings. The van der Waals surface area contributed by atoms with Crippen LogP contribution in [-0.4, -0.2) is 23.5 Å². The van der Waals surface area contributed by atoms with Gasteiger partial charge >= 0.3 is 0 Å². The second-order valence-corrected chi connectivity index (χ2v) is 14.2. The predicted molar refractivity (Wildman–Crippen MR) is 136 cm³/mol. The summed E-state index contributed by atoms with van der Waals surface area (Å²) >= 11 is 0. The molecular weight excluding hydrogens is 383 g/mol. The molecule has 1 N–H and O–H groups in total. The predicted octanol–water partition coefficient (Wildman–Crippen LogP) is 7.66. The van der Waals surface area contributed by atoms with Crippen molar-refractivity contribution in [1.82, 2.24) is 0 Å². The van der Waals surface area contributed by atoms with E-state index < -0.39 is 0 Å². The lowest BCUT2D eigenvalue weighted by Crippen LogP contribution is -2.27. The summed E-state index contributed by atoms with van der Waals surface area (Å²) in [6.07, 6.45) is 13.5. The first-order chi connectivity index (χ1) is 14.0. The summed E-state index contributed by atoms with van der Waals surface area (Å²) in [5.41, 5.74) is 2.70. The van der Waals surface area contributed by atoms with Gasteiger partial charge in [0.15, 0.2) is 0 Å². The molecule has 0 radical (unpaired) electrons. The molecule has 1 aliphatic carbocycles. The Morgan fingerprint density at radius 3 is 2.20 bits per heavy atom. The Bertz CT molecular complexity index is 647. The minimum atomic E-state index is -0.262. The number of benzene rings is 1. The van der Waals surface area contributed by atoms with Gasteiger partial charge in [0.05, 0.1) is 0 Å². The minimum absolute atomic E-state index is 0.199. The van der Waals surface area contributed by atoms with Crippen molar-refractivity contribution >= 4 is 13.2 Å². The summed E-state index contributed by atoms with van der Waals surface area (Å²) in [5.74, 6) is 1.65. The van der Waals surface area contributed by atoms with E-state index in [1.54, 1.807) is 5.30 Å². The molecule has 0 aromatic heterocycles. The van der Waals surface area contributed by atoms with E-state index in [0.717, 1.165) is 30.3 Å². The van der Waals surface area contributed by atoms with Gasteiger partial charge in [0, 0.05) is 6.61 Å². The zero-order valence-electron chi connectivity index (χ0n) is 20.7. The van der Waals surface area contributed by atoms with E-state index in [0.29, 0.717) is 12.0 Å². The third-order valence-corrected chi connectivity index (χ3v) is 9.75. The maximum atomic E-state index is 9.60. The second-order valence-electron chi connectivity index (χ2n) is 11.7. The van der Waals surface area contributed by atoms with Crippen molar-refractivity contribution in [3.8, 4) is 0 Å². The SMILES string of the molecule is CC1CCCC1[C@@H](CCCO)P(C/C=C\CC(C)(C)C)c1ccc(C(C)(C)C)cc1. The van der Waals surface area contributed by atoms with E-state index in [2.05, 4.69) is 84.9 Å². The van der Waals surface area contributed by atoms with Crippen molar-refractivity contribution in [3.63, 3.8) is 0 Å². The smallest absolute Gasteiger partial charge is 0.0431 e. The normalized spacial score (nSPS) is 22.5. The van der Waals surface area contributed by atoms with Crippen molar-refractivity contribution in [2.45, 2.75) is 98.1 Å². The van der Waals surface area contributed by atoms with Gasteiger partial charge in [-0.05, 0) is 71.0 Å². The molecule has 0 amide bonds. The molecule has 1 fully saturated rings. The highest BCUT2D eigenvalue weighted by Gasteiger charge is 2.35. The topological polar surface area (TPSA) is 20.2 Å². The molecule has 30 heavy (non-hydrogen) atoms. The molecule has 0 saturated heterocycles. The molecule has 2 heteroatoms. The first-order valence-electron chi connectivity index (χ1n) is 12.2. The van der Waals surface area contributed by atoms with E-state index in [9.17, 15) is 5.11 Å². The summed E-state index contributed by atoms with van der Waals surface area (Å²) < 4.78 is 0. The molecule has 3 unspecified atom stereocenters. The van der Waals surface area contributed by atoms with Gasteiger partial charge in [-0.15, -0.1) is 0 Å². The van der Waals surface area contributed by atoms with Gasteiger partial charge < -0.3 is 5.11 Å². The lowest BCUT2D eigenvalue weighted by molar-refractivity contribution is 0.274. The van der Waals surface area contributed by atoms with E-state index >= 15 is 0 Å². The molecule has 1 nitrogen and oxygen atoms in total. The van der Waals surface area contributed by atoms with E-state index in [-0.39, 0.29) is 13.3 Å². The number of hydrogen-bond acceptors (Lipinski definition) is 1. The van der Waals surface area contributed by atoms with Crippen LogP contribution in [0.25, 0.3) is 0 Å². The van der Waals surface area contributed by atoms with Gasteiger partial charge in [0.1, 0.15) is 0 Å². The Kier molecular flexibility index (Phi) is 9.63. The van der Waals surface area contributed by atoms with E-state index in [1.165, 1.54) is 37.4 Å². The maximum Gasteiger partial charge on any atom is 0.0431 e. The molecular formula is C28H47OP. The van der Waals surface area contributed by atoms with Crippen LogP contribution in [0.3, 0.4) is 0 Å². The summed E-state index contributed by atoms with van der Waals surface area (Å²) in [6, 6.07) is 9.58. The van der Waals surface area contributed by atoms with Crippen molar-refractivity contribution in [3.05, 3.63) is 42.0 Å². The van der Waals surface area contributed by atoms with Gasteiger partial charge in [0.25, 0.3) is 0 Å². The number of rotatable bonds is 9.